The van der Waals surface area contributed by atoms with Crippen molar-refractivity contribution in [3.8, 4) is 0 Å². The molecule has 0 aromatic heterocycles. The van der Waals surface area contributed by atoms with Gasteiger partial charge in [-0.15, -0.1) is 24.0 Å². The first-order valence-electron chi connectivity index (χ1n) is 19.1. The molecule has 0 amide bonds. The second kappa shape index (κ2) is 88.2. The summed E-state index contributed by atoms with van der Waals surface area (Å²) in [6, 6.07) is 37.0. The zero-order chi connectivity index (χ0) is 41.8. The van der Waals surface area contributed by atoms with Gasteiger partial charge in [0.1, 0.15) is 0 Å². The van der Waals surface area contributed by atoms with E-state index in [-0.39, 0.29) is 53.7 Å². The Morgan fingerprint density at radius 3 is 0.930 bits per heavy atom. The van der Waals surface area contributed by atoms with Crippen LogP contribution in [0.2, 0.25) is 0 Å². The zero-order valence-corrected chi connectivity index (χ0v) is 49.1. The molecule has 0 atom stereocenters. The summed E-state index contributed by atoms with van der Waals surface area (Å²) in [5.74, 6) is 0. The second-order valence-corrected chi connectivity index (χ2v) is 25.6. The summed E-state index contributed by atoms with van der Waals surface area (Å²) >= 11 is 9.54. The fourth-order valence-corrected chi connectivity index (χ4v) is 2.80. The van der Waals surface area contributed by atoms with Gasteiger partial charge in [-0.25, -0.2) is 0 Å². The third-order valence-corrected chi connectivity index (χ3v) is 5.75. The van der Waals surface area contributed by atoms with Crippen LogP contribution >= 0.6 is 98.4 Å². The quantitative estimate of drug-likeness (QED) is 0.149. The van der Waals surface area contributed by atoms with Crippen LogP contribution in [-0.4, -0.2) is 0 Å². The Kier molecular flexibility index (Phi) is 138. The summed E-state index contributed by atoms with van der Waals surface area (Å²) in [5.41, 5.74) is 12.6. The van der Waals surface area contributed by atoms with E-state index < -0.39 is 0 Å². The topological polar surface area (TPSA) is 38.0 Å². The molecule has 4 aromatic rings. The van der Waals surface area contributed by atoms with Gasteiger partial charge in [-0.05, 0) is 67.3 Å². The summed E-state index contributed by atoms with van der Waals surface area (Å²) in [5, 5.41) is 3.36. The Balaban J connectivity index is -0.0000000427. The van der Waals surface area contributed by atoms with Crippen LogP contribution < -0.4 is 24.3 Å². The van der Waals surface area contributed by atoms with Gasteiger partial charge in [-0.3, -0.25) is 0 Å². The minimum absolute atomic E-state index is 0. The molecule has 0 fully saturated rings. The molecule has 0 heterocycles. The Morgan fingerprint density at radius 2 is 0.702 bits per heavy atom. The van der Waals surface area contributed by atoms with Crippen LogP contribution in [0.25, 0.3) is 0 Å². The first-order chi connectivity index (χ1) is 25.3. The number of para-hydroxylation sites is 1. The van der Waals surface area contributed by atoms with Crippen LogP contribution in [0.3, 0.4) is 0 Å². The number of benzene rings is 4. The zero-order valence-electron chi connectivity index (χ0n) is 36.0. The normalized spacial score (nSPS) is 7.14. The van der Waals surface area contributed by atoms with Gasteiger partial charge in [0, 0.05) is 54.3 Å². The molecule has 2 nitrogen and oxygen atoms in total. The molecule has 0 unspecified atom stereocenters. The SMILES string of the molecule is C.C.C.C.CC.CC.CC.CC.CCCC.CCCC.CCc1ccc(N)cc1.CCc1ccc(Nc2ccccc2)cc1.Cc1ccccc1.I.II.I[I-]I. The fraction of sp³-hybridized carbons (Fsp3) is 0.510. The molecule has 0 saturated heterocycles. The second-order valence-electron chi connectivity index (χ2n) is 9.35. The molecule has 3 N–H and O–H groups in total. The van der Waals surface area contributed by atoms with E-state index in [2.05, 4.69) is 189 Å². The fourth-order valence-electron chi connectivity index (χ4n) is 2.80. The average Bonchev–Trinajstić information content (AvgIpc) is 3.24. The van der Waals surface area contributed by atoms with Crippen molar-refractivity contribution in [2.75, 3.05) is 11.1 Å². The van der Waals surface area contributed by atoms with E-state index in [0.29, 0.717) is 13.3 Å². The number of hydrogen-bond donors (Lipinski definition) is 2. The summed E-state index contributed by atoms with van der Waals surface area (Å²) in [6.07, 6.45) is 7.45. The van der Waals surface area contributed by atoms with Gasteiger partial charge in [-0.2, -0.15) is 0 Å². The predicted molar refractivity (Wildman–Crippen MR) is 322 cm³/mol. The molecule has 0 radical (unpaired) electrons. The molecule has 4 rings (SSSR count). The maximum atomic E-state index is 5.48. The van der Waals surface area contributed by atoms with Gasteiger partial charge >= 0.3 is 50.5 Å². The number of anilines is 3. The molecule has 4 aromatic carbocycles. The van der Waals surface area contributed by atoms with Gasteiger partial charge in [0.05, 0.1) is 0 Å². The predicted octanol–water partition coefficient (Wildman–Crippen LogP) is 19.2. The Bertz CT molecular complexity index is 1060. The first-order valence-corrected chi connectivity index (χ1v) is 38.0. The maximum absolute atomic E-state index is 5.48. The van der Waals surface area contributed by atoms with E-state index in [1.54, 1.807) is 0 Å². The Hall–Kier alpha value is 0.860. The number of rotatable bonds is 6. The van der Waals surface area contributed by atoms with Crippen molar-refractivity contribution in [1.82, 2.24) is 0 Å². The van der Waals surface area contributed by atoms with Crippen molar-refractivity contribution in [1.29, 1.82) is 0 Å². The van der Waals surface area contributed by atoms with Crippen molar-refractivity contribution in [3.63, 3.8) is 0 Å². The molecule has 0 aliphatic carbocycles. The van der Waals surface area contributed by atoms with Gasteiger partial charge in [-0.1, -0.05) is 231 Å². The number of nitrogens with one attached hydrogen (secondary N) is 1. The monoisotopic (exact) mass is 1470 g/mol. The molecule has 0 bridgehead atoms. The van der Waals surface area contributed by atoms with Crippen molar-refractivity contribution in [3.05, 3.63) is 126 Å². The van der Waals surface area contributed by atoms with Crippen LogP contribution in [-0.2, 0) is 12.8 Å². The molecule has 57 heavy (non-hydrogen) atoms. The number of aryl methyl sites for hydroxylation is 3. The van der Waals surface area contributed by atoms with Crippen LogP contribution in [0.4, 0.5) is 17.1 Å². The van der Waals surface area contributed by atoms with E-state index >= 15 is 0 Å². The van der Waals surface area contributed by atoms with Gasteiger partial charge in [0.2, 0.25) is 0 Å². The van der Waals surface area contributed by atoms with Crippen molar-refractivity contribution < 1.29 is 13.3 Å². The number of nitrogen functional groups attached to an aromatic ring is 1. The number of halogens is 6. The van der Waals surface area contributed by atoms with Crippen LogP contribution in [0.5, 0.6) is 0 Å². The van der Waals surface area contributed by atoms with Crippen LogP contribution in [0, 0.1) is 6.92 Å². The molecule has 0 spiro atoms. The first kappa shape index (κ1) is 88.9. The number of hydrogen-bond acceptors (Lipinski definition) is 2. The third kappa shape index (κ3) is 77.9. The molecule has 0 aliphatic rings. The minimum atomic E-state index is 0. The molecular weight excluding hydrogens is 1380 g/mol. The van der Waals surface area contributed by atoms with Crippen molar-refractivity contribution in [2.24, 2.45) is 0 Å². The van der Waals surface area contributed by atoms with Crippen molar-refractivity contribution >= 4 is 116 Å². The molecule has 0 saturated carbocycles. The Morgan fingerprint density at radius 1 is 0.456 bits per heavy atom. The standard InChI is InChI=1S/C14H15N.C8H11N.C7H8.2C4H10.4C2H6.4CH4.I3.I2.HI/c1-2-12-8-10-14(11-9-12)15-13-6-4-3-5-7-13;1-2-7-3-5-8(9)6-4-7;1-7-5-3-2-4-6-7;2*1-3-4-2;4*1-2;;;;;1-3-2;1-2;/h3-11,15H,2H2,1H3;3-6H,2,9H2,1H3;2-6H,1H3;2*3-4H2,1-2H3;4*1-2H3;4*1H4;;;1H/q;;;;;;;;;;;;;-1;;. The summed E-state index contributed by atoms with van der Waals surface area (Å²) in [4.78, 5) is 0. The van der Waals surface area contributed by atoms with Gasteiger partial charge in [0.15, 0.2) is 0 Å². The third-order valence-electron chi connectivity index (χ3n) is 5.75. The van der Waals surface area contributed by atoms with E-state index in [1.165, 1.54) is 42.4 Å². The molecular formula is C49H95I6N2-. The van der Waals surface area contributed by atoms with Gasteiger partial charge < -0.3 is 11.1 Å². The van der Waals surface area contributed by atoms with E-state index in [4.69, 9.17) is 5.73 Å². The van der Waals surface area contributed by atoms with Crippen molar-refractivity contribution in [2.45, 2.75) is 172 Å². The molecule has 8 heteroatoms. The van der Waals surface area contributed by atoms with E-state index in [1.807, 2.05) is 104 Å². The van der Waals surface area contributed by atoms with Crippen LogP contribution in [0.1, 0.15) is 169 Å². The Labute approximate surface area is 431 Å². The van der Waals surface area contributed by atoms with Gasteiger partial charge in [0.25, 0.3) is 0 Å². The summed E-state index contributed by atoms with van der Waals surface area (Å²) in [7, 11) is 0. The molecule has 0 aliphatic heterocycles. The van der Waals surface area contributed by atoms with Crippen LogP contribution in [0.15, 0.2) is 109 Å². The number of nitrogens with two attached hydrogens (primary N) is 1. The summed E-state index contributed by atoms with van der Waals surface area (Å²) in [6.45, 7) is 31.1. The van der Waals surface area contributed by atoms with E-state index in [9.17, 15) is 0 Å². The van der Waals surface area contributed by atoms with E-state index in [0.717, 1.165) is 29.9 Å². The number of unbranched alkanes of at least 4 members (excludes halogenated alkanes) is 2. The average molecular weight is 1470 g/mol. The molecule has 344 valence electrons. The summed E-state index contributed by atoms with van der Waals surface area (Å²) < 4.78 is 0.